The zero-order valence-electron chi connectivity index (χ0n) is 8.00. The summed E-state index contributed by atoms with van der Waals surface area (Å²) >= 11 is 0. The second-order valence-corrected chi connectivity index (χ2v) is 3.66. The molecule has 0 aliphatic carbocycles. The molecule has 1 heterocycles. The van der Waals surface area contributed by atoms with Crippen LogP contribution < -0.4 is 0 Å². The van der Waals surface area contributed by atoms with E-state index >= 15 is 0 Å². The van der Waals surface area contributed by atoms with Gasteiger partial charge in [0.2, 0.25) is 0 Å². The monoisotopic (exact) mass is 192 g/mol. The number of rotatable bonds is 3. The highest BCUT2D eigenvalue weighted by molar-refractivity contribution is 5.47. The summed E-state index contributed by atoms with van der Waals surface area (Å²) in [5, 5.41) is 0. The molecule has 2 heteroatoms. The maximum Gasteiger partial charge on any atom is 0.127 e. The minimum Gasteiger partial charge on any atom is -0.381 e. The molecule has 0 aromatic heterocycles. The van der Waals surface area contributed by atoms with Gasteiger partial charge in [0.05, 0.1) is 13.2 Å². The molecule has 0 atom stereocenters. The summed E-state index contributed by atoms with van der Waals surface area (Å²) in [7, 11) is 0. The smallest absolute Gasteiger partial charge is 0.127 e. The van der Waals surface area contributed by atoms with Crippen molar-refractivity contribution in [3.63, 3.8) is 0 Å². The van der Waals surface area contributed by atoms with E-state index in [1.807, 2.05) is 12.1 Å². The Morgan fingerprint density at radius 1 is 1.50 bits per heavy atom. The van der Waals surface area contributed by atoms with Crippen LogP contribution in [0, 0.1) is 11.7 Å². The van der Waals surface area contributed by atoms with E-state index in [9.17, 15) is 4.39 Å². The van der Waals surface area contributed by atoms with Crippen molar-refractivity contribution in [3.8, 4) is 0 Å². The minimum atomic E-state index is -0.130. The fraction of sp³-hybridized carbons (Fsp3) is 0.333. The van der Waals surface area contributed by atoms with Crippen LogP contribution in [0.2, 0.25) is 0 Å². The Bertz CT molecular complexity index is 342. The molecule has 1 aromatic rings. The van der Waals surface area contributed by atoms with Gasteiger partial charge in [0, 0.05) is 5.92 Å². The van der Waals surface area contributed by atoms with Crippen molar-refractivity contribution in [2.45, 2.75) is 6.42 Å². The lowest BCUT2D eigenvalue weighted by molar-refractivity contribution is -0.0315. The van der Waals surface area contributed by atoms with Crippen molar-refractivity contribution in [3.05, 3.63) is 41.7 Å². The highest BCUT2D eigenvalue weighted by atomic mass is 19.1. The van der Waals surface area contributed by atoms with Crippen LogP contribution in [0.4, 0.5) is 4.39 Å². The number of halogens is 1. The molecule has 2 rings (SSSR count). The molecule has 0 radical (unpaired) electrons. The lowest BCUT2D eigenvalue weighted by Crippen LogP contribution is -2.29. The van der Waals surface area contributed by atoms with Crippen LogP contribution >= 0.6 is 0 Å². The summed E-state index contributed by atoms with van der Waals surface area (Å²) in [4.78, 5) is 0. The van der Waals surface area contributed by atoms with Crippen LogP contribution in [0.15, 0.2) is 24.8 Å². The summed E-state index contributed by atoms with van der Waals surface area (Å²) < 4.78 is 18.5. The number of hydrogen-bond donors (Lipinski definition) is 0. The standard InChI is InChI=1S/C12H13FO/c1-2-9-3-4-11(12(13)6-9)5-10-7-14-8-10/h2-4,6,10H,1,5,7-8H2. The van der Waals surface area contributed by atoms with Crippen LogP contribution in [0.25, 0.3) is 6.08 Å². The first kappa shape index (κ1) is 9.41. The van der Waals surface area contributed by atoms with Crippen molar-refractivity contribution in [2.24, 2.45) is 5.92 Å². The van der Waals surface area contributed by atoms with Gasteiger partial charge in [0.1, 0.15) is 5.82 Å². The van der Waals surface area contributed by atoms with Crippen molar-refractivity contribution in [1.82, 2.24) is 0 Å². The first-order valence-corrected chi connectivity index (χ1v) is 4.78. The fourth-order valence-electron chi connectivity index (χ4n) is 1.57. The Morgan fingerprint density at radius 2 is 2.29 bits per heavy atom. The van der Waals surface area contributed by atoms with E-state index in [1.54, 1.807) is 6.08 Å². The van der Waals surface area contributed by atoms with Gasteiger partial charge in [-0.05, 0) is 23.6 Å². The molecule has 0 amide bonds. The topological polar surface area (TPSA) is 9.23 Å². The summed E-state index contributed by atoms with van der Waals surface area (Å²) in [5.41, 5.74) is 1.61. The van der Waals surface area contributed by atoms with E-state index < -0.39 is 0 Å². The van der Waals surface area contributed by atoms with E-state index in [1.165, 1.54) is 6.07 Å². The second-order valence-electron chi connectivity index (χ2n) is 3.66. The third kappa shape index (κ3) is 1.85. The molecule has 0 N–H and O–H groups in total. The molecule has 1 fully saturated rings. The van der Waals surface area contributed by atoms with Crippen molar-refractivity contribution in [2.75, 3.05) is 13.2 Å². The predicted octanol–water partition coefficient (Wildman–Crippen LogP) is 2.66. The largest absolute Gasteiger partial charge is 0.381 e. The van der Waals surface area contributed by atoms with E-state index in [2.05, 4.69) is 6.58 Å². The van der Waals surface area contributed by atoms with Gasteiger partial charge < -0.3 is 4.74 Å². The Kier molecular flexibility index (Phi) is 2.64. The molecule has 1 nitrogen and oxygen atoms in total. The maximum absolute atomic E-state index is 13.5. The first-order valence-electron chi connectivity index (χ1n) is 4.78. The van der Waals surface area contributed by atoms with Gasteiger partial charge in [-0.25, -0.2) is 4.39 Å². The molecule has 1 aromatic carbocycles. The zero-order chi connectivity index (χ0) is 9.97. The fourth-order valence-corrected chi connectivity index (χ4v) is 1.57. The third-order valence-electron chi connectivity index (χ3n) is 2.53. The summed E-state index contributed by atoms with van der Waals surface area (Å²) in [6, 6.07) is 5.26. The summed E-state index contributed by atoms with van der Waals surface area (Å²) in [5.74, 6) is 0.369. The number of ether oxygens (including phenoxy) is 1. The van der Waals surface area contributed by atoms with Gasteiger partial charge in [-0.1, -0.05) is 24.8 Å². The van der Waals surface area contributed by atoms with Gasteiger partial charge in [-0.3, -0.25) is 0 Å². The van der Waals surface area contributed by atoms with Crippen LogP contribution in [0.5, 0.6) is 0 Å². The summed E-state index contributed by atoms with van der Waals surface area (Å²) in [6.45, 7) is 5.14. The SMILES string of the molecule is C=Cc1ccc(CC2COC2)c(F)c1. The number of hydrogen-bond acceptors (Lipinski definition) is 1. The molecule has 1 saturated heterocycles. The molecule has 0 bridgehead atoms. The van der Waals surface area contributed by atoms with Crippen molar-refractivity contribution < 1.29 is 9.13 Å². The molecule has 0 spiro atoms. The zero-order valence-corrected chi connectivity index (χ0v) is 8.00. The van der Waals surface area contributed by atoms with Crippen molar-refractivity contribution in [1.29, 1.82) is 0 Å². The Morgan fingerprint density at radius 3 is 2.79 bits per heavy atom. The summed E-state index contributed by atoms with van der Waals surface area (Å²) in [6.07, 6.45) is 2.43. The van der Waals surface area contributed by atoms with Crippen LogP contribution in [0.1, 0.15) is 11.1 Å². The normalized spacial score (nSPS) is 16.4. The van der Waals surface area contributed by atoms with Gasteiger partial charge in [0.25, 0.3) is 0 Å². The second kappa shape index (κ2) is 3.93. The Labute approximate surface area is 83.2 Å². The predicted molar refractivity (Wildman–Crippen MR) is 54.5 cm³/mol. The molecule has 0 unspecified atom stereocenters. The maximum atomic E-state index is 13.5. The van der Waals surface area contributed by atoms with E-state index in [4.69, 9.17) is 4.74 Å². The lowest BCUT2D eigenvalue weighted by atomic mass is 9.97. The van der Waals surface area contributed by atoms with E-state index in [0.717, 1.165) is 30.8 Å². The molecular formula is C12H13FO. The van der Waals surface area contributed by atoms with Gasteiger partial charge >= 0.3 is 0 Å². The third-order valence-corrected chi connectivity index (χ3v) is 2.53. The molecule has 74 valence electrons. The number of benzene rings is 1. The highest BCUT2D eigenvalue weighted by Gasteiger charge is 2.19. The lowest BCUT2D eigenvalue weighted by Gasteiger charge is -2.26. The van der Waals surface area contributed by atoms with Crippen LogP contribution in [-0.4, -0.2) is 13.2 Å². The average Bonchev–Trinajstić information content (AvgIpc) is 2.13. The van der Waals surface area contributed by atoms with Gasteiger partial charge in [0.15, 0.2) is 0 Å². The van der Waals surface area contributed by atoms with Crippen LogP contribution in [0.3, 0.4) is 0 Å². The molecule has 1 aliphatic heterocycles. The van der Waals surface area contributed by atoms with E-state index in [-0.39, 0.29) is 5.82 Å². The minimum absolute atomic E-state index is 0.130. The Balaban J connectivity index is 2.12. The van der Waals surface area contributed by atoms with Gasteiger partial charge in [-0.15, -0.1) is 0 Å². The van der Waals surface area contributed by atoms with Gasteiger partial charge in [-0.2, -0.15) is 0 Å². The molecule has 14 heavy (non-hydrogen) atoms. The molecule has 1 aliphatic rings. The van der Waals surface area contributed by atoms with E-state index in [0.29, 0.717) is 5.92 Å². The molecule has 0 saturated carbocycles. The van der Waals surface area contributed by atoms with Crippen molar-refractivity contribution >= 4 is 6.08 Å². The molecular weight excluding hydrogens is 179 g/mol. The van der Waals surface area contributed by atoms with Crippen LogP contribution in [-0.2, 0) is 11.2 Å². The Hall–Kier alpha value is -1.15. The average molecular weight is 192 g/mol. The quantitative estimate of drug-likeness (QED) is 0.715. The first-order chi connectivity index (χ1) is 6.79. The highest BCUT2D eigenvalue weighted by Crippen LogP contribution is 2.20.